The highest BCUT2D eigenvalue weighted by molar-refractivity contribution is 5.67. The van der Waals surface area contributed by atoms with E-state index in [1.807, 2.05) is 27.8 Å². The van der Waals surface area contributed by atoms with Gasteiger partial charge >= 0.3 is 6.09 Å². The zero-order chi connectivity index (χ0) is 19.3. The van der Waals surface area contributed by atoms with E-state index in [9.17, 15) is 4.79 Å². The molecule has 0 aromatic carbocycles. The van der Waals surface area contributed by atoms with E-state index in [2.05, 4.69) is 33.0 Å². The molecule has 4 heteroatoms. The van der Waals surface area contributed by atoms with Gasteiger partial charge in [0.1, 0.15) is 5.60 Å². The molecule has 0 aromatic rings. The third kappa shape index (κ3) is 8.94. The monoisotopic (exact) mass is 354 g/mol. The van der Waals surface area contributed by atoms with E-state index in [1.165, 1.54) is 25.7 Å². The topological polar surface area (TPSA) is 41.6 Å². The van der Waals surface area contributed by atoms with Crippen LogP contribution < -0.4 is 5.32 Å². The first-order valence-corrected chi connectivity index (χ1v) is 10.0. The fourth-order valence-corrected chi connectivity index (χ4v) is 3.71. The molecule has 1 aliphatic carbocycles. The van der Waals surface area contributed by atoms with Gasteiger partial charge in [-0.25, -0.2) is 4.79 Å². The van der Waals surface area contributed by atoms with Crippen molar-refractivity contribution in [1.29, 1.82) is 0 Å². The molecule has 1 fully saturated rings. The van der Waals surface area contributed by atoms with Crippen LogP contribution in [0.25, 0.3) is 0 Å². The van der Waals surface area contributed by atoms with Crippen LogP contribution in [0.4, 0.5) is 4.79 Å². The largest absolute Gasteiger partial charge is 0.444 e. The maximum Gasteiger partial charge on any atom is 0.410 e. The van der Waals surface area contributed by atoms with Gasteiger partial charge in [-0.1, -0.05) is 27.7 Å². The van der Waals surface area contributed by atoms with Gasteiger partial charge < -0.3 is 15.0 Å². The number of carbonyl (C=O) groups excluding carboxylic acids is 1. The highest BCUT2D eigenvalue weighted by Gasteiger charge is 2.29. The van der Waals surface area contributed by atoms with Gasteiger partial charge in [-0.2, -0.15) is 0 Å². The van der Waals surface area contributed by atoms with Crippen LogP contribution in [0.2, 0.25) is 0 Å². The van der Waals surface area contributed by atoms with Crippen LogP contribution in [0, 0.1) is 23.2 Å². The normalized spacial score (nSPS) is 23.2. The second-order valence-corrected chi connectivity index (χ2v) is 10.2. The minimum atomic E-state index is -0.432. The fraction of sp³-hybridized carbons (Fsp3) is 0.952. The molecule has 0 bridgehead atoms. The minimum Gasteiger partial charge on any atom is -0.444 e. The number of amides is 1. The van der Waals surface area contributed by atoms with Gasteiger partial charge in [-0.15, -0.1) is 0 Å². The Morgan fingerprint density at radius 2 is 1.68 bits per heavy atom. The maximum atomic E-state index is 12.0. The summed E-state index contributed by atoms with van der Waals surface area (Å²) in [5.41, 5.74) is 0.0257. The van der Waals surface area contributed by atoms with E-state index in [1.54, 1.807) is 4.90 Å². The first kappa shape index (κ1) is 22.3. The molecule has 1 atom stereocenters. The van der Waals surface area contributed by atoms with Crippen molar-refractivity contribution in [2.75, 3.05) is 26.7 Å². The number of hydrogen-bond acceptors (Lipinski definition) is 3. The number of carbonyl (C=O) groups is 1. The molecule has 1 amide bonds. The quantitative estimate of drug-likeness (QED) is 0.735. The Morgan fingerprint density at radius 1 is 1.12 bits per heavy atom. The second-order valence-electron chi connectivity index (χ2n) is 10.2. The average molecular weight is 355 g/mol. The van der Waals surface area contributed by atoms with Crippen molar-refractivity contribution in [2.45, 2.75) is 79.8 Å². The zero-order valence-electron chi connectivity index (χ0n) is 17.9. The Morgan fingerprint density at radius 3 is 2.16 bits per heavy atom. The Hall–Kier alpha value is -0.770. The molecule has 0 aliphatic heterocycles. The smallest absolute Gasteiger partial charge is 0.410 e. The molecule has 4 nitrogen and oxygen atoms in total. The molecular formula is C21H42N2O2. The standard InChI is InChI=1S/C21H42N2O2/c1-16(15-23(8)19(24)25-21(5,6)7)13-22-14-17-9-11-18(12-10-17)20(2,3)4/h16-18,22H,9-15H2,1-8H3. The number of nitrogens with one attached hydrogen (secondary N) is 1. The van der Waals surface area contributed by atoms with E-state index in [0.717, 1.165) is 31.5 Å². The lowest BCUT2D eigenvalue weighted by molar-refractivity contribution is 0.0276. The summed E-state index contributed by atoms with van der Waals surface area (Å²) in [6, 6.07) is 0. The van der Waals surface area contributed by atoms with Crippen molar-refractivity contribution < 1.29 is 9.53 Å². The van der Waals surface area contributed by atoms with Crippen molar-refractivity contribution in [3.05, 3.63) is 0 Å². The Bertz CT molecular complexity index is 401. The first-order chi connectivity index (χ1) is 11.4. The average Bonchev–Trinajstić information content (AvgIpc) is 2.45. The van der Waals surface area contributed by atoms with E-state index in [0.29, 0.717) is 11.3 Å². The highest BCUT2D eigenvalue weighted by atomic mass is 16.6. The summed E-state index contributed by atoms with van der Waals surface area (Å²) in [5, 5.41) is 3.62. The lowest BCUT2D eigenvalue weighted by Crippen LogP contribution is -2.39. The summed E-state index contributed by atoms with van der Waals surface area (Å²) < 4.78 is 5.40. The molecule has 0 spiro atoms. The van der Waals surface area contributed by atoms with Crippen LogP contribution in [0.5, 0.6) is 0 Å². The number of ether oxygens (including phenoxy) is 1. The van der Waals surface area contributed by atoms with E-state index < -0.39 is 5.60 Å². The molecule has 0 heterocycles. The number of nitrogens with zero attached hydrogens (tertiary/aromatic N) is 1. The number of rotatable bonds is 6. The maximum absolute atomic E-state index is 12.0. The molecule has 0 aromatic heterocycles. The third-order valence-electron chi connectivity index (χ3n) is 5.29. The van der Waals surface area contributed by atoms with E-state index in [4.69, 9.17) is 4.74 Å². The minimum absolute atomic E-state index is 0.236. The van der Waals surface area contributed by atoms with E-state index >= 15 is 0 Å². The van der Waals surface area contributed by atoms with Crippen LogP contribution >= 0.6 is 0 Å². The molecule has 148 valence electrons. The lowest BCUT2D eigenvalue weighted by Gasteiger charge is -2.37. The van der Waals surface area contributed by atoms with Crippen LogP contribution in [-0.2, 0) is 4.74 Å². The van der Waals surface area contributed by atoms with Crippen LogP contribution in [0.1, 0.15) is 74.1 Å². The van der Waals surface area contributed by atoms with Crippen molar-refractivity contribution in [2.24, 2.45) is 23.2 Å². The Balaban J connectivity index is 2.21. The Kier molecular flexibility index (Phi) is 8.24. The Labute approximate surface area is 156 Å². The second kappa shape index (κ2) is 9.25. The van der Waals surface area contributed by atoms with Gasteiger partial charge in [0.25, 0.3) is 0 Å². The summed E-state index contributed by atoms with van der Waals surface area (Å²) >= 11 is 0. The zero-order valence-corrected chi connectivity index (χ0v) is 17.9. The predicted octanol–water partition coefficient (Wildman–Crippen LogP) is 4.93. The highest BCUT2D eigenvalue weighted by Crippen LogP contribution is 2.39. The van der Waals surface area contributed by atoms with Gasteiger partial charge in [0, 0.05) is 13.6 Å². The SMILES string of the molecule is CC(CNCC1CCC(C(C)(C)C)CC1)CN(C)C(=O)OC(C)(C)C. The molecule has 1 unspecified atom stereocenters. The van der Waals surface area contributed by atoms with Gasteiger partial charge in [0.15, 0.2) is 0 Å². The van der Waals surface area contributed by atoms with E-state index in [-0.39, 0.29) is 6.09 Å². The number of hydrogen-bond donors (Lipinski definition) is 1. The summed E-state index contributed by atoms with van der Waals surface area (Å²) in [4.78, 5) is 13.7. The van der Waals surface area contributed by atoms with Gasteiger partial charge in [0.05, 0.1) is 0 Å². The first-order valence-electron chi connectivity index (χ1n) is 10.0. The fourth-order valence-electron chi connectivity index (χ4n) is 3.71. The molecule has 0 saturated heterocycles. The van der Waals surface area contributed by atoms with Crippen molar-refractivity contribution in [3.8, 4) is 0 Å². The van der Waals surface area contributed by atoms with Crippen molar-refractivity contribution in [3.63, 3.8) is 0 Å². The van der Waals surface area contributed by atoms with Crippen LogP contribution in [0.15, 0.2) is 0 Å². The van der Waals surface area contributed by atoms with Gasteiger partial charge in [-0.3, -0.25) is 0 Å². The van der Waals surface area contributed by atoms with Crippen molar-refractivity contribution in [1.82, 2.24) is 10.2 Å². The summed E-state index contributed by atoms with van der Waals surface area (Å²) in [6.45, 7) is 17.8. The molecule has 25 heavy (non-hydrogen) atoms. The molecule has 0 radical (unpaired) electrons. The van der Waals surface area contributed by atoms with Crippen LogP contribution in [-0.4, -0.2) is 43.3 Å². The lowest BCUT2D eigenvalue weighted by atomic mass is 9.70. The molecule has 1 rings (SSSR count). The van der Waals surface area contributed by atoms with Gasteiger partial charge in [0.2, 0.25) is 0 Å². The van der Waals surface area contributed by atoms with Gasteiger partial charge in [-0.05, 0) is 82.7 Å². The van der Waals surface area contributed by atoms with Crippen LogP contribution in [0.3, 0.4) is 0 Å². The summed E-state index contributed by atoms with van der Waals surface area (Å²) in [5.74, 6) is 2.11. The summed E-state index contributed by atoms with van der Waals surface area (Å²) in [6.07, 6.45) is 5.20. The third-order valence-corrected chi connectivity index (χ3v) is 5.29. The molecule has 1 N–H and O–H groups in total. The molecule has 1 saturated carbocycles. The van der Waals surface area contributed by atoms with Crippen molar-refractivity contribution >= 4 is 6.09 Å². The predicted molar refractivity (Wildman–Crippen MR) is 106 cm³/mol. The summed E-state index contributed by atoms with van der Waals surface area (Å²) in [7, 11) is 1.82. The molecule has 1 aliphatic rings. The molecular weight excluding hydrogens is 312 g/mol.